The third-order valence-electron chi connectivity index (χ3n) is 1.10. The van der Waals surface area contributed by atoms with Crippen LogP contribution in [0.15, 0.2) is 0 Å². The van der Waals surface area contributed by atoms with Crippen molar-refractivity contribution >= 4 is 0 Å². The van der Waals surface area contributed by atoms with Gasteiger partial charge in [0, 0.05) is 6.42 Å². The SMILES string of the molecule is CNC(CC[O])NC. The molecule has 0 spiro atoms. The molecule has 0 rings (SSSR count). The zero-order valence-electron chi connectivity index (χ0n) is 5.40. The molecule has 0 amide bonds. The molecule has 0 aromatic rings. The molecule has 0 aliphatic rings. The molecule has 0 saturated heterocycles. The third kappa shape index (κ3) is 2.96. The molecular formula is C5H13N2O. The molecule has 0 fully saturated rings. The summed E-state index contributed by atoms with van der Waals surface area (Å²) in [6.45, 7) is -0.0215. The molecule has 0 aromatic carbocycles. The minimum Gasteiger partial charge on any atom is -0.305 e. The Morgan fingerprint density at radius 1 is 1.38 bits per heavy atom. The monoisotopic (exact) mass is 117 g/mol. The third-order valence-corrected chi connectivity index (χ3v) is 1.10. The van der Waals surface area contributed by atoms with Crippen LogP contribution < -0.4 is 10.6 Å². The largest absolute Gasteiger partial charge is 0.305 e. The molecule has 0 aromatic heterocycles. The Balaban J connectivity index is 3.07. The van der Waals surface area contributed by atoms with Crippen molar-refractivity contribution in [2.24, 2.45) is 0 Å². The van der Waals surface area contributed by atoms with E-state index in [0.29, 0.717) is 6.42 Å². The second-order valence-electron chi connectivity index (χ2n) is 1.62. The highest BCUT2D eigenvalue weighted by atomic mass is 16.3. The summed E-state index contributed by atoms with van der Waals surface area (Å²) in [5.74, 6) is 0. The molecule has 1 radical (unpaired) electrons. The average molecular weight is 117 g/mol. The minimum atomic E-state index is -0.0215. The van der Waals surface area contributed by atoms with Gasteiger partial charge < -0.3 is 10.6 Å². The van der Waals surface area contributed by atoms with Gasteiger partial charge in [-0.25, -0.2) is 5.11 Å². The van der Waals surface area contributed by atoms with Crippen LogP contribution in [0.5, 0.6) is 0 Å². The van der Waals surface area contributed by atoms with Crippen molar-refractivity contribution in [3.8, 4) is 0 Å². The molecule has 2 N–H and O–H groups in total. The summed E-state index contributed by atoms with van der Waals surface area (Å²) in [6, 6.07) is 0. The number of nitrogens with one attached hydrogen (secondary N) is 2. The van der Waals surface area contributed by atoms with Crippen molar-refractivity contribution in [1.29, 1.82) is 0 Å². The Kier molecular flexibility index (Phi) is 4.95. The van der Waals surface area contributed by atoms with E-state index in [9.17, 15) is 5.11 Å². The van der Waals surface area contributed by atoms with Crippen molar-refractivity contribution in [3.63, 3.8) is 0 Å². The van der Waals surface area contributed by atoms with Crippen LogP contribution in [0, 0.1) is 0 Å². The van der Waals surface area contributed by atoms with Crippen LogP contribution >= 0.6 is 0 Å². The fourth-order valence-electron chi connectivity index (χ4n) is 0.551. The lowest BCUT2D eigenvalue weighted by molar-refractivity contribution is 0.173. The van der Waals surface area contributed by atoms with Crippen LogP contribution in [0.25, 0.3) is 0 Å². The molecule has 0 heterocycles. The van der Waals surface area contributed by atoms with E-state index in [4.69, 9.17) is 0 Å². The van der Waals surface area contributed by atoms with Gasteiger partial charge in [-0.05, 0) is 14.1 Å². The second-order valence-corrected chi connectivity index (χ2v) is 1.62. The van der Waals surface area contributed by atoms with Gasteiger partial charge >= 0.3 is 0 Å². The first kappa shape index (κ1) is 7.88. The van der Waals surface area contributed by atoms with Crippen LogP contribution in [-0.4, -0.2) is 26.9 Å². The molecule has 3 nitrogen and oxygen atoms in total. The summed E-state index contributed by atoms with van der Waals surface area (Å²) in [5, 5.41) is 15.9. The first-order chi connectivity index (χ1) is 3.85. The van der Waals surface area contributed by atoms with Crippen LogP contribution in [-0.2, 0) is 5.11 Å². The lowest BCUT2D eigenvalue weighted by Gasteiger charge is -2.11. The Bertz CT molecular complexity index is 45.7. The van der Waals surface area contributed by atoms with E-state index in [1.165, 1.54) is 0 Å². The summed E-state index contributed by atoms with van der Waals surface area (Å²) in [4.78, 5) is 0. The van der Waals surface area contributed by atoms with Crippen LogP contribution in [0.1, 0.15) is 6.42 Å². The number of rotatable bonds is 4. The van der Waals surface area contributed by atoms with Gasteiger partial charge in [0.05, 0.1) is 12.8 Å². The van der Waals surface area contributed by atoms with Gasteiger partial charge in [-0.3, -0.25) is 0 Å². The lowest BCUT2D eigenvalue weighted by atomic mass is 10.3. The van der Waals surface area contributed by atoms with E-state index < -0.39 is 0 Å². The Morgan fingerprint density at radius 2 is 1.88 bits per heavy atom. The summed E-state index contributed by atoms with van der Waals surface area (Å²) in [5.41, 5.74) is 0. The smallest absolute Gasteiger partial charge is 0.0849 e. The molecular weight excluding hydrogens is 104 g/mol. The van der Waals surface area contributed by atoms with E-state index >= 15 is 0 Å². The first-order valence-electron chi connectivity index (χ1n) is 2.77. The molecule has 0 unspecified atom stereocenters. The van der Waals surface area contributed by atoms with E-state index in [1.807, 2.05) is 14.1 Å². The second kappa shape index (κ2) is 5.03. The molecule has 3 heteroatoms. The molecule has 0 bridgehead atoms. The van der Waals surface area contributed by atoms with Gasteiger partial charge in [0.2, 0.25) is 0 Å². The van der Waals surface area contributed by atoms with E-state index in [1.54, 1.807) is 0 Å². The Morgan fingerprint density at radius 3 is 2.00 bits per heavy atom. The van der Waals surface area contributed by atoms with Gasteiger partial charge in [0.1, 0.15) is 0 Å². The van der Waals surface area contributed by atoms with Crippen molar-refractivity contribution in [3.05, 3.63) is 0 Å². The lowest BCUT2D eigenvalue weighted by Crippen LogP contribution is -2.38. The highest BCUT2D eigenvalue weighted by Crippen LogP contribution is 1.81. The molecule has 0 atom stereocenters. The quantitative estimate of drug-likeness (QED) is 0.491. The maximum Gasteiger partial charge on any atom is 0.0849 e. The maximum absolute atomic E-state index is 9.98. The average Bonchev–Trinajstić information content (AvgIpc) is 1.83. The van der Waals surface area contributed by atoms with Crippen molar-refractivity contribution in [2.75, 3.05) is 20.7 Å². The van der Waals surface area contributed by atoms with E-state index in [0.717, 1.165) is 0 Å². The minimum absolute atomic E-state index is 0.0215. The van der Waals surface area contributed by atoms with Gasteiger partial charge in [-0.15, -0.1) is 0 Å². The van der Waals surface area contributed by atoms with Crippen LogP contribution in [0.2, 0.25) is 0 Å². The van der Waals surface area contributed by atoms with Crippen molar-refractivity contribution in [1.82, 2.24) is 10.6 Å². The molecule has 0 saturated carbocycles. The highest BCUT2D eigenvalue weighted by Gasteiger charge is 1.98. The van der Waals surface area contributed by atoms with Gasteiger partial charge in [0.25, 0.3) is 0 Å². The molecule has 0 aliphatic carbocycles. The molecule has 49 valence electrons. The summed E-state index contributed by atoms with van der Waals surface area (Å²) >= 11 is 0. The zero-order chi connectivity index (χ0) is 6.41. The summed E-state index contributed by atoms with van der Waals surface area (Å²) in [7, 11) is 3.66. The fourth-order valence-corrected chi connectivity index (χ4v) is 0.551. The number of hydrogen-bond donors (Lipinski definition) is 2. The predicted octanol–water partition coefficient (Wildman–Crippen LogP) is -0.428. The predicted molar refractivity (Wildman–Crippen MR) is 32.1 cm³/mol. The highest BCUT2D eigenvalue weighted by molar-refractivity contribution is 4.55. The van der Waals surface area contributed by atoms with Gasteiger partial charge in [-0.1, -0.05) is 0 Å². The van der Waals surface area contributed by atoms with E-state index in [-0.39, 0.29) is 12.8 Å². The van der Waals surface area contributed by atoms with Crippen LogP contribution in [0.3, 0.4) is 0 Å². The zero-order valence-corrected chi connectivity index (χ0v) is 5.40. The maximum atomic E-state index is 9.98. The topological polar surface area (TPSA) is 44.0 Å². The molecule has 0 aliphatic heterocycles. The Labute approximate surface area is 50.1 Å². The fraction of sp³-hybridized carbons (Fsp3) is 1.00. The van der Waals surface area contributed by atoms with Gasteiger partial charge in [0.15, 0.2) is 0 Å². The summed E-state index contributed by atoms with van der Waals surface area (Å²) < 4.78 is 0. The Hall–Kier alpha value is -0.120. The number of hydrogen-bond acceptors (Lipinski definition) is 2. The summed E-state index contributed by atoms with van der Waals surface area (Å²) in [6.07, 6.45) is 0.833. The van der Waals surface area contributed by atoms with Gasteiger partial charge in [-0.2, -0.15) is 0 Å². The standard InChI is InChI=1S/C5H13N2O/c1-6-5(7-2)3-4-8/h5-7H,3-4H2,1-2H3. The van der Waals surface area contributed by atoms with E-state index in [2.05, 4.69) is 10.6 Å². The van der Waals surface area contributed by atoms with Crippen molar-refractivity contribution in [2.45, 2.75) is 12.6 Å². The van der Waals surface area contributed by atoms with Crippen molar-refractivity contribution < 1.29 is 5.11 Å². The molecule has 8 heavy (non-hydrogen) atoms. The first-order valence-corrected chi connectivity index (χ1v) is 2.77. The van der Waals surface area contributed by atoms with Crippen LogP contribution in [0.4, 0.5) is 0 Å². The normalized spacial score (nSPS) is 10.5.